The van der Waals surface area contributed by atoms with E-state index in [1.807, 2.05) is 19.1 Å². The lowest BCUT2D eigenvalue weighted by Crippen LogP contribution is -2.26. The van der Waals surface area contributed by atoms with Gasteiger partial charge in [0.15, 0.2) is 0 Å². The quantitative estimate of drug-likeness (QED) is 0.810. The van der Waals surface area contributed by atoms with E-state index in [2.05, 4.69) is 18.3 Å². The van der Waals surface area contributed by atoms with Gasteiger partial charge in [0.05, 0.1) is 0 Å². The molecule has 0 aliphatic heterocycles. The number of carbonyl (C=O) groups is 1. The van der Waals surface area contributed by atoms with E-state index in [-0.39, 0.29) is 5.91 Å². The fourth-order valence-corrected chi connectivity index (χ4v) is 3.21. The van der Waals surface area contributed by atoms with E-state index in [0.29, 0.717) is 0 Å². The van der Waals surface area contributed by atoms with E-state index in [4.69, 9.17) is 0 Å². The van der Waals surface area contributed by atoms with Gasteiger partial charge in [0, 0.05) is 12.1 Å². The molecule has 1 fully saturated rings. The molecule has 0 heterocycles. The van der Waals surface area contributed by atoms with Crippen LogP contribution in [0, 0.1) is 19.8 Å². The Morgan fingerprint density at radius 3 is 2.50 bits per heavy atom. The molecule has 0 unspecified atom stereocenters. The summed E-state index contributed by atoms with van der Waals surface area (Å²) in [5, 5.41) is 3.09. The first-order chi connectivity index (χ1) is 9.66. The smallest absolute Gasteiger partial charge is 0.251 e. The number of carbonyl (C=O) groups excluding carboxylic acids is 1. The zero-order valence-electron chi connectivity index (χ0n) is 12.9. The molecule has 20 heavy (non-hydrogen) atoms. The monoisotopic (exact) mass is 273 g/mol. The second-order valence-corrected chi connectivity index (χ2v) is 6.22. The maximum atomic E-state index is 12.2. The molecule has 2 rings (SSSR count). The Kier molecular flexibility index (Phi) is 5.63. The van der Waals surface area contributed by atoms with Crippen molar-refractivity contribution in [2.75, 3.05) is 6.54 Å². The Bertz CT molecular complexity index is 445. The van der Waals surface area contributed by atoms with Crippen molar-refractivity contribution in [1.82, 2.24) is 5.32 Å². The third-order valence-electron chi connectivity index (χ3n) is 4.44. The highest BCUT2D eigenvalue weighted by molar-refractivity contribution is 5.95. The molecule has 1 saturated carbocycles. The van der Waals surface area contributed by atoms with Crippen molar-refractivity contribution < 1.29 is 4.79 Å². The molecule has 1 amide bonds. The van der Waals surface area contributed by atoms with Gasteiger partial charge in [-0.1, -0.05) is 56.2 Å². The molecular formula is C18H27NO. The average molecular weight is 273 g/mol. The van der Waals surface area contributed by atoms with Crippen LogP contribution in [0.4, 0.5) is 0 Å². The third-order valence-corrected chi connectivity index (χ3v) is 4.44. The van der Waals surface area contributed by atoms with E-state index < -0.39 is 0 Å². The lowest BCUT2D eigenvalue weighted by Gasteiger charge is -2.14. The zero-order valence-corrected chi connectivity index (χ0v) is 12.9. The van der Waals surface area contributed by atoms with Crippen LogP contribution in [0.1, 0.15) is 66.4 Å². The molecule has 110 valence electrons. The average Bonchev–Trinajstić information content (AvgIpc) is 2.67. The van der Waals surface area contributed by atoms with Crippen LogP contribution in [0.5, 0.6) is 0 Å². The van der Waals surface area contributed by atoms with E-state index in [9.17, 15) is 4.79 Å². The Morgan fingerprint density at radius 2 is 1.85 bits per heavy atom. The van der Waals surface area contributed by atoms with E-state index in [1.54, 1.807) is 0 Å². The standard InChI is InChI=1S/C18H27NO/c1-14-9-10-17(15(2)13-14)18(20)19-12-11-16-7-5-3-4-6-8-16/h9-10,13,16H,3-8,11-12H2,1-2H3,(H,19,20). The SMILES string of the molecule is Cc1ccc(C(=O)NCCC2CCCCCC2)c(C)c1. The molecule has 1 aromatic carbocycles. The fraction of sp³-hybridized carbons (Fsp3) is 0.611. The van der Waals surface area contributed by atoms with Gasteiger partial charge in [0.25, 0.3) is 5.91 Å². The molecule has 2 nitrogen and oxygen atoms in total. The summed E-state index contributed by atoms with van der Waals surface area (Å²) in [6.45, 7) is 4.88. The Balaban J connectivity index is 1.79. The normalized spacial score (nSPS) is 16.7. The summed E-state index contributed by atoms with van der Waals surface area (Å²) in [6, 6.07) is 6.01. The van der Waals surface area contributed by atoms with Gasteiger partial charge in [-0.3, -0.25) is 4.79 Å². The van der Waals surface area contributed by atoms with Crippen LogP contribution in [0.15, 0.2) is 18.2 Å². The summed E-state index contributed by atoms with van der Waals surface area (Å²) in [5.41, 5.74) is 3.09. The number of benzene rings is 1. The molecule has 0 spiro atoms. The van der Waals surface area contributed by atoms with Gasteiger partial charge < -0.3 is 5.32 Å². The molecule has 1 aromatic rings. The molecule has 1 aliphatic carbocycles. The van der Waals surface area contributed by atoms with E-state index in [1.165, 1.54) is 44.1 Å². The van der Waals surface area contributed by atoms with Crippen LogP contribution < -0.4 is 5.32 Å². The summed E-state index contributed by atoms with van der Waals surface area (Å²) in [4.78, 5) is 12.2. The highest BCUT2D eigenvalue weighted by Crippen LogP contribution is 2.24. The molecule has 0 saturated heterocycles. The minimum absolute atomic E-state index is 0.0797. The third kappa shape index (κ3) is 4.36. The predicted octanol–water partition coefficient (Wildman–Crippen LogP) is 4.39. The Morgan fingerprint density at radius 1 is 1.15 bits per heavy atom. The summed E-state index contributed by atoms with van der Waals surface area (Å²) in [6.07, 6.45) is 9.36. The highest BCUT2D eigenvalue weighted by atomic mass is 16.1. The van der Waals surface area contributed by atoms with Crippen molar-refractivity contribution in [3.05, 3.63) is 34.9 Å². The summed E-state index contributed by atoms with van der Waals surface area (Å²) < 4.78 is 0. The number of nitrogens with one attached hydrogen (secondary N) is 1. The van der Waals surface area contributed by atoms with Gasteiger partial charge in [-0.15, -0.1) is 0 Å². The van der Waals surface area contributed by atoms with Crippen LogP contribution in [0.2, 0.25) is 0 Å². The molecule has 0 atom stereocenters. The van der Waals surface area contributed by atoms with Crippen LogP contribution in [-0.4, -0.2) is 12.5 Å². The highest BCUT2D eigenvalue weighted by Gasteiger charge is 2.13. The molecular weight excluding hydrogens is 246 g/mol. The molecule has 0 radical (unpaired) electrons. The first kappa shape index (κ1) is 15.1. The number of aryl methyl sites for hydroxylation is 2. The zero-order chi connectivity index (χ0) is 14.4. The van der Waals surface area contributed by atoms with Crippen LogP contribution in [0.25, 0.3) is 0 Å². The topological polar surface area (TPSA) is 29.1 Å². The fourth-order valence-electron chi connectivity index (χ4n) is 3.21. The van der Waals surface area contributed by atoms with E-state index in [0.717, 1.165) is 30.0 Å². The van der Waals surface area contributed by atoms with Crippen molar-refractivity contribution in [1.29, 1.82) is 0 Å². The minimum Gasteiger partial charge on any atom is -0.352 e. The lowest BCUT2D eigenvalue weighted by molar-refractivity contribution is 0.0950. The van der Waals surface area contributed by atoms with Crippen LogP contribution >= 0.6 is 0 Å². The van der Waals surface area contributed by atoms with Crippen molar-refractivity contribution >= 4 is 5.91 Å². The number of amides is 1. The predicted molar refractivity (Wildman–Crippen MR) is 84.1 cm³/mol. The molecule has 1 N–H and O–H groups in total. The van der Waals surface area contributed by atoms with Gasteiger partial charge in [-0.05, 0) is 37.8 Å². The number of rotatable bonds is 4. The summed E-state index contributed by atoms with van der Waals surface area (Å²) in [7, 11) is 0. The molecule has 0 bridgehead atoms. The second kappa shape index (κ2) is 7.47. The van der Waals surface area contributed by atoms with E-state index >= 15 is 0 Å². The first-order valence-electron chi connectivity index (χ1n) is 8.02. The molecule has 0 aromatic heterocycles. The van der Waals surface area contributed by atoms with Crippen molar-refractivity contribution in [3.8, 4) is 0 Å². The Labute approximate surface area is 123 Å². The minimum atomic E-state index is 0.0797. The maximum absolute atomic E-state index is 12.2. The summed E-state index contributed by atoms with van der Waals surface area (Å²) in [5.74, 6) is 0.896. The maximum Gasteiger partial charge on any atom is 0.251 e. The van der Waals surface area contributed by atoms with Crippen molar-refractivity contribution in [2.24, 2.45) is 5.92 Å². The Hall–Kier alpha value is -1.31. The van der Waals surface area contributed by atoms with Crippen molar-refractivity contribution in [3.63, 3.8) is 0 Å². The largest absolute Gasteiger partial charge is 0.352 e. The summed E-state index contributed by atoms with van der Waals surface area (Å²) >= 11 is 0. The number of hydrogen-bond donors (Lipinski definition) is 1. The number of hydrogen-bond acceptors (Lipinski definition) is 1. The van der Waals surface area contributed by atoms with Crippen molar-refractivity contribution in [2.45, 2.75) is 58.8 Å². The van der Waals surface area contributed by atoms with Gasteiger partial charge in [-0.2, -0.15) is 0 Å². The molecule has 1 aliphatic rings. The first-order valence-corrected chi connectivity index (χ1v) is 8.02. The van der Waals surface area contributed by atoms with Gasteiger partial charge >= 0.3 is 0 Å². The second-order valence-electron chi connectivity index (χ2n) is 6.22. The van der Waals surface area contributed by atoms with Gasteiger partial charge in [-0.25, -0.2) is 0 Å². The van der Waals surface area contributed by atoms with Crippen LogP contribution in [0.3, 0.4) is 0 Å². The van der Waals surface area contributed by atoms with Crippen LogP contribution in [-0.2, 0) is 0 Å². The van der Waals surface area contributed by atoms with Gasteiger partial charge in [0.2, 0.25) is 0 Å². The lowest BCUT2D eigenvalue weighted by atomic mass is 9.96. The van der Waals surface area contributed by atoms with Gasteiger partial charge in [0.1, 0.15) is 0 Å². The molecule has 2 heteroatoms.